The van der Waals surface area contributed by atoms with Gasteiger partial charge in [-0.3, -0.25) is 14.9 Å². The number of nitrogens with one attached hydrogen (secondary N) is 3. The maximum Gasteiger partial charge on any atom is 0.293 e. The van der Waals surface area contributed by atoms with Crippen LogP contribution in [0, 0.1) is 16.0 Å². The summed E-state index contributed by atoms with van der Waals surface area (Å²) >= 11 is 0. The van der Waals surface area contributed by atoms with Gasteiger partial charge in [0.15, 0.2) is 0 Å². The fourth-order valence-electron chi connectivity index (χ4n) is 2.70. The second-order valence-electron chi connectivity index (χ2n) is 5.50. The molecule has 7 nitrogen and oxygen atoms in total. The monoisotopic (exact) mass is 306 g/mol. The van der Waals surface area contributed by atoms with Gasteiger partial charge in [0.25, 0.3) is 11.6 Å². The average molecular weight is 306 g/mol. The molecule has 1 amide bonds. The van der Waals surface area contributed by atoms with Gasteiger partial charge in [-0.1, -0.05) is 0 Å². The normalized spacial score (nSPS) is 17.8. The molecule has 22 heavy (non-hydrogen) atoms. The Labute approximate surface area is 129 Å². The lowest BCUT2D eigenvalue weighted by Crippen LogP contribution is -2.30. The number of nitrogens with zero attached hydrogens (tertiary/aromatic N) is 1. The van der Waals surface area contributed by atoms with Gasteiger partial charge < -0.3 is 16.0 Å². The minimum atomic E-state index is -0.461. The van der Waals surface area contributed by atoms with Crippen LogP contribution in [0.25, 0.3) is 0 Å². The molecular weight excluding hydrogens is 284 g/mol. The van der Waals surface area contributed by atoms with E-state index < -0.39 is 4.92 Å². The number of piperidine rings is 1. The minimum Gasteiger partial charge on any atom is -0.379 e. The first-order chi connectivity index (χ1) is 10.6. The summed E-state index contributed by atoms with van der Waals surface area (Å²) in [5.74, 6) is 0.286. The minimum absolute atomic E-state index is 0.0668. The second-order valence-corrected chi connectivity index (χ2v) is 5.50. The molecule has 1 fully saturated rings. The van der Waals surface area contributed by atoms with Crippen molar-refractivity contribution in [3.8, 4) is 0 Å². The number of hydrogen-bond donors (Lipinski definition) is 3. The maximum atomic E-state index is 11.6. The standard InChI is InChI=1S/C15H22N4O3/c1-16-15(20)12-4-5-13(14(9-12)19(21)22)18-8-6-11-3-2-7-17-10-11/h4-5,9,11,17-18H,2-3,6-8,10H2,1H3,(H,16,20). The molecule has 0 radical (unpaired) electrons. The van der Waals surface area contributed by atoms with Crippen LogP contribution in [0.5, 0.6) is 0 Å². The lowest BCUT2D eigenvalue weighted by atomic mass is 9.96. The van der Waals surface area contributed by atoms with Crippen LogP contribution < -0.4 is 16.0 Å². The van der Waals surface area contributed by atoms with Crippen LogP contribution in [0.2, 0.25) is 0 Å². The Balaban J connectivity index is 1.99. The quantitative estimate of drug-likeness (QED) is 0.549. The van der Waals surface area contributed by atoms with E-state index in [1.54, 1.807) is 12.1 Å². The van der Waals surface area contributed by atoms with Crippen LogP contribution in [0.3, 0.4) is 0 Å². The van der Waals surface area contributed by atoms with Crippen LogP contribution in [-0.2, 0) is 0 Å². The molecule has 1 aromatic carbocycles. The van der Waals surface area contributed by atoms with Crippen molar-refractivity contribution in [1.29, 1.82) is 0 Å². The third kappa shape index (κ3) is 4.17. The van der Waals surface area contributed by atoms with Crippen LogP contribution in [-0.4, -0.2) is 37.5 Å². The van der Waals surface area contributed by atoms with E-state index in [4.69, 9.17) is 0 Å². The number of benzene rings is 1. The second kappa shape index (κ2) is 7.74. The van der Waals surface area contributed by atoms with Crippen LogP contribution in [0.4, 0.5) is 11.4 Å². The number of rotatable bonds is 6. The zero-order valence-corrected chi connectivity index (χ0v) is 12.7. The first-order valence-corrected chi connectivity index (χ1v) is 7.57. The van der Waals surface area contributed by atoms with Crippen molar-refractivity contribution >= 4 is 17.3 Å². The summed E-state index contributed by atoms with van der Waals surface area (Å²) in [6.07, 6.45) is 3.36. The van der Waals surface area contributed by atoms with Crippen molar-refractivity contribution in [2.24, 2.45) is 5.92 Å². The highest BCUT2D eigenvalue weighted by molar-refractivity contribution is 5.95. The van der Waals surface area contributed by atoms with Crippen molar-refractivity contribution < 1.29 is 9.72 Å². The number of anilines is 1. The molecule has 1 aliphatic heterocycles. The molecule has 1 saturated heterocycles. The van der Waals surface area contributed by atoms with E-state index in [1.165, 1.54) is 26.0 Å². The first kappa shape index (κ1) is 16.2. The molecule has 0 aromatic heterocycles. The average Bonchev–Trinajstić information content (AvgIpc) is 2.55. The molecule has 1 atom stereocenters. The molecule has 7 heteroatoms. The maximum absolute atomic E-state index is 11.6. The van der Waals surface area contributed by atoms with Crippen molar-refractivity contribution in [2.75, 3.05) is 32.0 Å². The third-order valence-electron chi connectivity index (χ3n) is 3.95. The zero-order chi connectivity index (χ0) is 15.9. The lowest BCUT2D eigenvalue weighted by molar-refractivity contribution is -0.384. The number of carbonyl (C=O) groups is 1. The summed E-state index contributed by atoms with van der Waals surface area (Å²) < 4.78 is 0. The molecule has 120 valence electrons. The Bertz CT molecular complexity index is 542. The van der Waals surface area contributed by atoms with Gasteiger partial charge in [-0.2, -0.15) is 0 Å². The highest BCUT2D eigenvalue weighted by Gasteiger charge is 2.18. The van der Waals surface area contributed by atoms with Crippen molar-refractivity contribution in [2.45, 2.75) is 19.3 Å². The lowest BCUT2D eigenvalue weighted by Gasteiger charge is -2.22. The summed E-state index contributed by atoms with van der Waals surface area (Å²) in [7, 11) is 1.50. The fraction of sp³-hybridized carbons (Fsp3) is 0.533. The van der Waals surface area contributed by atoms with Gasteiger partial charge in [-0.15, -0.1) is 0 Å². The molecule has 3 N–H and O–H groups in total. The predicted molar refractivity (Wildman–Crippen MR) is 85.2 cm³/mol. The number of nitro benzene ring substituents is 1. The molecule has 1 heterocycles. The molecule has 1 unspecified atom stereocenters. The van der Waals surface area contributed by atoms with Crippen LogP contribution in [0.15, 0.2) is 18.2 Å². The van der Waals surface area contributed by atoms with Gasteiger partial charge in [0.2, 0.25) is 0 Å². The Kier molecular flexibility index (Phi) is 5.71. The molecule has 1 aliphatic rings. The molecular formula is C15H22N4O3. The summed E-state index contributed by atoms with van der Waals surface area (Å²) in [5, 5.41) is 20.1. The van der Waals surface area contributed by atoms with Gasteiger partial charge in [0.05, 0.1) is 4.92 Å². The van der Waals surface area contributed by atoms with Gasteiger partial charge in [-0.05, 0) is 50.4 Å². The van der Waals surface area contributed by atoms with Crippen molar-refractivity contribution in [3.05, 3.63) is 33.9 Å². The Morgan fingerprint density at radius 3 is 2.95 bits per heavy atom. The van der Waals surface area contributed by atoms with E-state index in [0.29, 0.717) is 18.2 Å². The summed E-state index contributed by atoms with van der Waals surface area (Å²) in [6, 6.07) is 4.50. The van der Waals surface area contributed by atoms with Crippen LogP contribution in [0.1, 0.15) is 29.6 Å². The summed E-state index contributed by atoms with van der Waals surface area (Å²) in [6.45, 7) is 2.78. The topological polar surface area (TPSA) is 96.3 Å². The molecule has 0 saturated carbocycles. The third-order valence-corrected chi connectivity index (χ3v) is 3.95. The van der Waals surface area contributed by atoms with E-state index >= 15 is 0 Å². The highest BCUT2D eigenvalue weighted by Crippen LogP contribution is 2.26. The SMILES string of the molecule is CNC(=O)c1ccc(NCCC2CCCNC2)c([N+](=O)[O-])c1. The molecule has 2 rings (SSSR count). The van der Waals surface area contributed by atoms with E-state index in [0.717, 1.165) is 19.5 Å². The van der Waals surface area contributed by atoms with E-state index in [-0.39, 0.29) is 17.2 Å². The summed E-state index contributed by atoms with van der Waals surface area (Å²) in [5.41, 5.74) is 0.681. The first-order valence-electron chi connectivity index (χ1n) is 7.57. The molecule has 0 bridgehead atoms. The fourth-order valence-corrected chi connectivity index (χ4v) is 2.70. The molecule has 1 aromatic rings. The van der Waals surface area contributed by atoms with E-state index in [1.807, 2.05) is 0 Å². The predicted octanol–water partition coefficient (Wildman–Crippen LogP) is 1.76. The smallest absolute Gasteiger partial charge is 0.293 e. The molecule has 0 spiro atoms. The summed E-state index contributed by atoms with van der Waals surface area (Å²) in [4.78, 5) is 22.3. The van der Waals surface area contributed by atoms with Crippen LogP contribution >= 0.6 is 0 Å². The van der Waals surface area contributed by atoms with Crippen molar-refractivity contribution in [1.82, 2.24) is 10.6 Å². The van der Waals surface area contributed by atoms with Gasteiger partial charge in [0.1, 0.15) is 5.69 Å². The van der Waals surface area contributed by atoms with Gasteiger partial charge in [-0.25, -0.2) is 0 Å². The highest BCUT2D eigenvalue weighted by atomic mass is 16.6. The van der Waals surface area contributed by atoms with Crippen molar-refractivity contribution in [3.63, 3.8) is 0 Å². The number of carbonyl (C=O) groups excluding carboxylic acids is 1. The van der Waals surface area contributed by atoms with E-state index in [9.17, 15) is 14.9 Å². The Morgan fingerprint density at radius 2 is 2.32 bits per heavy atom. The van der Waals surface area contributed by atoms with Gasteiger partial charge in [0, 0.05) is 25.2 Å². The van der Waals surface area contributed by atoms with Gasteiger partial charge >= 0.3 is 0 Å². The Hall–Kier alpha value is -2.15. The molecule has 0 aliphatic carbocycles. The number of hydrogen-bond acceptors (Lipinski definition) is 5. The van der Waals surface area contributed by atoms with E-state index in [2.05, 4.69) is 16.0 Å². The number of nitro groups is 1. The largest absolute Gasteiger partial charge is 0.379 e. The Morgan fingerprint density at radius 1 is 1.50 bits per heavy atom. The number of amides is 1. The zero-order valence-electron chi connectivity index (χ0n) is 12.7.